The van der Waals surface area contributed by atoms with Gasteiger partial charge in [-0.25, -0.2) is 8.42 Å². The van der Waals surface area contributed by atoms with Crippen LogP contribution in [0.1, 0.15) is 16.7 Å². The van der Waals surface area contributed by atoms with Crippen molar-refractivity contribution in [1.29, 1.82) is 0 Å². The summed E-state index contributed by atoms with van der Waals surface area (Å²) < 4.78 is 22.8. The van der Waals surface area contributed by atoms with E-state index in [1.807, 2.05) is 31.3 Å². The molecular weight excluding hydrogens is 384 g/mol. The van der Waals surface area contributed by atoms with Crippen molar-refractivity contribution >= 4 is 15.8 Å². The van der Waals surface area contributed by atoms with E-state index in [1.54, 1.807) is 0 Å². The van der Waals surface area contributed by atoms with E-state index in [-0.39, 0.29) is 5.75 Å². The SMILES string of the molecule is CN=C(NCc1ccc(CS(C)(=O)=O)cc1)N1CCN(Cc2ccccc2)CC1. The highest BCUT2D eigenvalue weighted by Gasteiger charge is 2.19. The summed E-state index contributed by atoms with van der Waals surface area (Å²) in [6.07, 6.45) is 1.26. The number of hydrogen-bond donors (Lipinski definition) is 1. The van der Waals surface area contributed by atoms with Gasteiger partial charge >= 0.3 is 0 Å². The van der Waals surface area contributed by atoms with Crippen molar-refractivity contribution in [3.63, 3.8) is 0 Å². The molecule has 1 aliphatic heterocycles. The topological polar surface area (TPSA) is 65.0 Å². The monoisotopic (exact) mass is 414 g/mol. The Morgan fingerprint density at radius 3 is 2.14 bits per heavy atom. The van der Waals surface area contributed by atoms with Crippen LogP contribution in [0.4, 0.5) is 0 Å². The Morgan fingerprint density at radius 2 is 1.55 bits per heavy atom. The van der Waals surface area contributed by atoms with Crippen LogP contribution in [0.15, 0.2) is 59.6 Å². The van der Waals surface area contributed by atoms with Crippen LogP contribution in [0.2, 0.25) is 0 Å². The molecule has 0 amide bonds. The third-order valence-electron chi connectivity index (χ3n) is 5.04. The average Bonchev–Trinajstić information content (AvgIpc) is 2.70. The predicted molar refractivity (Wildman–Crippen MR) is 118 cm³/mol. The second-order valence-electron chi connectivity index (χ2n) is 7.54. The van der Waals surface area contributed by atoms with E-state index in [2.05, 4.69) is 50.4 Å². The number of guanidine groups is 1. The third kappa shape index (κ3) is 6.87. The fourth-order valence-corrected chi connectivity index (χ4v) is 4.33. The molecule has 0 aliphatic carbocycles. The van der Waals surface area contributed by atoms with E-state index in [1.165, 1.54) is 11.8 Å². The lowest BCUT2D eigenvalue weighted by Crippen LogP contribution is -2.52. The maximum absolute atomic E-state index is 11.4. The lowest BCUT2D eigenvalue weighted by Gasteiger charge is -2.36. The van der Waals surface area contributed by atoms with Crippen LogP contribution in [0, 0.1) is 0 Å². The molecule has 1 aliphatic rings. The summed E-state index contributed by atoms with van der Waals surface area (Å²) in [6, 6.07) is 18.3. The Morgan fingerprint density at radius 1 is 0.931 bits per heavy atom. The third-order valence-corrected chi connectivity index (χ3v) is 5.89. The van der Waals surface area contributed by atoms with Crippen LogP contribution in [-0.4, -0.2) is 63.7 Å². The number of hydrogen-bond acceptors (Lipinski definition) is 4. The molecule has 1 saturated heterocycles. The molecule has 0 atom stereocenters. The highest BCUT2D eigenvalue weighted by Crippen LogP contribution is 2.10. The van der Waals surface area contributed by atoms with E-state index in [0.717, 1.165) is 49.8 Å². The zero-order chi connectivity index (χ0) is 20.7. The first-order valence-electron chi connectivity index (χ1n) is 9.90. The van der Waals surface area contributed by atoms with Gasteiger partial charge in [0.05, 0.1) is 5.75 Å². The summed E-state index contributed by atoms with van der Waals surface area (Å²) in [4.78, 5) is 9.20. The van der Waals surface area contributed by atoms with Crippen molar-refractivity contribution < 1.29 is 8.42 Å². The first-order chi connectivity index (χ1) is 13.9. The van der Waals surface area contributed by atoms with Crippen LogP contribution in [-0.2, 0) is 28.7 Å². The van der Waals surface area contributed by atoms with Crippen molar-refractivity contribution in [2.24, 2.45) is 4.99 Å². The summed E-state index contributed by atoms with van der Waals surface area (Å²) in [5.41, 5.74) is 3.27. The van der Waals surface area contributed by atoms with Gasteiger partial charge in [-0.05, 0) is 16.7 Å². The molecular formula is C22H30N4O2S. The lowest BCUT2D eigenvalue weighted by molar-refractivity contribution is 0.172. The van der Waals surface area contributed by atoms with Gasteiger partial charge in [-0.15, -0.1) is 0 Å². The number of nitrogens with one attached hydrogen (secondary N) is 1. The fraction of sp³-hybridized carbons (Fsp3) is 0.409. The minimum absolute atomic E-state index is 0.0790. The smallest absolute Gasteiger partial charge is 0.194 e. The zero-order valence-corrected chi connectivity index (χ0v) is 18.0. The van der Waals surface area contributed by atoms with Gasteiger partial charge in [-0.3, -0.25) is 9.89 Å². The van der Waals surface area contributed by atoms with Gasteiger partial charge in [0.25, 0.3) is 0 Å². The second kappa shape index (κ2) is 9.89. The van der Waals surface area contributed by atoms with Crippen LogP contribution >= 0.6 is 0 Å². The zero-order valence-electron chi connectivity index (χ0n) is 17.2. The molecule has 0 radical (unpaired) electrons. The molecule has 0 unspecified atom stereocenters. The lowest BCUT2D eigenvalue weighted by atomic mass is 10.1. The first-order valence-corrected chi connectivity index (χ1v) is 12.0. The molecule has 1 fully saturated rings. The molecule has 6 nitrogen and oxygen atoms in total. The number of rotatable bonds is 6. The molecule has 29 heavy (non-hydrogen) atoms. The Bertz CT molecular complexity index is 904. The quantitative estimate of drug-likeness (QED) is 0.579. The summed E-state index contributed by atoms with van der Waals surface area (Å²) in [7, 11) is -1.19. The van der Waals surface area contributed by atoms with Crippen LogP contribution in [0.3, 0.4) is 0 Å². The van der Waals surface area contributed by atoms with Gasteiger partial charge in [-0.2, -0.15) is 0 Å². The molecule has 1 N–H and O–H groups in total. The Balaban J connectivity index is 1.47. The largest absolute Gasteiger partial charge is 0.352 e. The van der Waals surface area contributed by atoms with Crippen molar-refractivity contribution in [3.05, 3.63) is 71.3 Å². The second-order valence-corrected chi connectivity index (χ2v) is 9.68. The molecule has 2 aromatic carbocycles. The van der Waals surface area contributed by atoms with Crippen molar-refractivity contribution in [1.82, 2.24) is 15.1 Å². The van der Waals surface area contributed by atoms with E-state index in [9.17, 15) is 8.42 Å². The van der Waals surface area contributed by atoms with E-state index in [0.29, 0.717) is 6.54 Å². The summed E-state index contributed by atoms with van der Waals surface area (Å²) in [5.74, 6) is 0.986. The van der Waals surface area contributed by atoms with E-state index >= 15 is 0 Å². The molecule has 2 aromatic rings. The van der Waals surface area contributed by atoms with Gasteiger partial charge in [0, 0.05) is 52.6 Å². The predicted octanol–water partition coefficient (Wildman–Crippen LogP) is 2.12. The van der Waals surface area contributed by atoms with Crippen LogP contribution in [0.25, 0.3) is 0 Å². The Labute approximate surface area is 174 Å². The summed E-state index contributed by atoms with van der Waals surface area (Å²) in [6.45, 7) is 5.56. The number of benzene rings is 2. The average molecular weight is 415 g/mol. The van der Waals surface area contributed by atoms with Crippen LogP contribution in [0.5, 0.6) is 0 Å². The minimum Gasteiger partial charge on any atom is -0.352 e. The summed E-state index contributed by atoms with van der Waals surface area (Å²) in [5, 5.41) is 3.43. The van der Waals surface area contributed by atoms with Gasteiger partial charge in [-0.1, -0.05) is 54.6 Å². The molecule has 156 valence electrons. The van der Waals surface area contributed by atoms with Gasteiger partial charge < -0.3 is 10.2 Å². The van der Waals surface area contributed by atoms with E-state index < -0.39 is 9.84 Å². The molecule has 0 saturated carbocycles. The maximum Gasteiger partial charge on any atom is 0.194 e. The molecule has 7 heteroatoms. The van der Waals surface area contributed by atoms with Gasteiger partial charge in [0.15, 0.2) is 15.8 Å². The molecule has 3 rings (SSSR count). The normalized spacial score (nSPS) is 16.1. The number of piperazine rings is 1. The molecule has 0 spiro atoms. The van der Waals surface area contributed by atoms with Crippen molar-refractivity contribution in [3.8, 4) is 0 Å². The Hall–Kier alpha value is -2.38. The molecule has 0 aromatic heterocycles. The summed E-state index contributed by atoms with van der Waals surface area (Å²) >= 11 is 0. The van der Waals surface area contributed by atoms with E-state index in [4.69, 9.17) is 0 Å². The fourth-order valence-electron chi connectivity index (χ4n) is 3.53. The number of sulfone groups is 1. The Kier molecular flexibility index (Phi) is 7.28. The number of aliphatic imine (C=N–C) groups is 1. The van der Waals surface area contributed by atoms with Gasteiger partial charge in [0.1, 0.15) is 0 Å². The highest BCUT2D eigenvalue weighted by atomic mass is 32.2. The van der Waals surface area contributed by atoms with Crippen molar-refractivity contribution in [2.45, 2.75) is 18.8 Å². The minimum atomic E-state index is -3.00. The molecule has 1 heterocycles. The number of nitrogens with zero attached hydrogens (tertiary/aromatic N) is 3. The van der Waals surface area contributed by atoms with Gasteiger partial charge in [0.2, 0.25) is 0 Å². The van der Waals surface area contributed by atoms with Crippen molar-refractivity contribution in [2.75, 3.05) is 39.5 Å². The van der Waals surface area contributed by atoms with Crippen LogP contribution < -0.4 is 5.32 Å². The highest BCUT2D eigenvalue weighted by molar-refractivity contribution is 7.89. The first kappa shape index (κ1) is 21.3. The molecule has 0 bridgehead atoms. The standard InChI is InChI=1S/C22H30N4O2S/c1-23-22(24-16-19-8-10-21(11-9-19)18-29(2,27)28)26-14-12-25(13-15-26)17-20-6-4-3-5-7-20/h3-11H,12-18H2,1-2H3,(H,23,24). The maximum atomic E-state index is 11.4.